The van der Waals surface area contributed by atoms with Gasteiger partial charge in [-0.3, -0.25) is 10.1 Å². The number of ether oxygens (including phenoxy) is 1. The number of nitro benzene ring substituents is 1. The largest absolute Gasteiger partial charge is 0.483 e. The lowest BCUT2D eigenvalue weighted by atomic mass is 10.2. The smallest absolute Gasteiger partial charge is 0.312 e. The molecular weight excluding hydrogens is 313 g/mol. The number of benzene rings is 1. The highest BCUT2D eigenvalue weighted by molar-refractivity contribution is 8.13. The van der Waals surface area contributed by atoms with Crippen LogP contribution in [-0.2, 0) is 9.05 Å². The molecule has 1 fully saturated rings. The highest BCUT2D eigenvalue weighted by Gasteiger charge is 2.28. The van der Waals surface area contributed by atoms with Crippen LogP contribution < -0.4 is 4.74 Å². The zero-order valence-electron chi connectivity index (χ0n) is 10.2. The number of hydrogen-bond donors (Lipinski definition) is 0. The lowest BCUT2D eigenvalue weighted by Crippen LogP contribution is -2.13. The lowest BCUT2D eigenvalue weighted by Gasteiger charge is -2.13. The summed E-state index contributed by atoms with van der Waals surface area (Å²) in [6.07, 6.45) is 3.12. The molecule has 1 aromatic carbocycles. The van der Waals surface area contributed by atoms with E-state index < -0.39 is 30.4 Å². The van der Waals surface area contributed by atoms with Crippen molar-refractivity contribution in [1.29, 1.82) is 0 Å². The molecule has 1 aliphatic rings. The summed E-state index contributed by atoms with van der Waals surface area (Å²) in [6, 6.07) is 1.29. The summed E-state index contributed by atoms with van der Waals surface area (Å²) in [5.41, 5.74) is -0.613. The van der Waals surface area contributed by atoms with Crippen LogP contribution in [0.15, 0.2) is 17.0 Å². The van der Waals surface area contributed by atoms with Crippen LogP contribution in [0.1, 0.15) is 25.7 Å². The minimum Gasteiger partial charge on any atom is -0.483 e. The van der Waals surface area contributed by atoms with Gasteiger partial charge in [-0.05, 0) is 25.7 Å². The van der Waals surface area contributed by atoms with E-state index in [9.17, 15) is 22.9 Å². The van der Waals surface area contributed by atoms with Crippen molar-refractivity contribution >= 4 is 25.4 Å². The van der Waals surface area contributed by atoms with Crippen molar-refractivity contribution in [3.8, 4) is 5.75 Å². The maximum atomic E-state index is 13.7. The van der Waals surface area contributed by atoms with Crippen LogP contribution in [0.25, 0.3) is 0 Å². The minimum atomic E-state index is -4.40. The number of nitrogens with zero attached hydrogens (tertiary/aromatic N) is 1. The Hall–Kier alpha value is -1.41. The molecule has 0 saturated heterocycles. The Morgan fingerprint density at radius 2 is 1.95 bits per heavy atom. The molecule has 0 spiro atoms. The molecule has 0 radical (unpaired) electrons. The van der Waals surface area contributed by atoms with Gasteiger partial charge in [-0.25, -0.2) is 12.8 Å². The van der Waals surface area contributed by atoms with E-state index in [2.05, 4.69) is 0 Å². The van der Waals surface area contributed by atoms with Crippen LogP contribution in [-0.4, -0.2) is 19.4 Å². The summed E-state index contributed by atoms with van der Waals surface area (Å²) >= 11 is 0. The summed E-state index contributed by atoms with van der Waals surface area (Å²) in [5.74, 6) is -1.44. The van der Waals surface area contributed by atoms with Crippen molar-refractivity contribution < 1.29 is 22.5 Å². The topological polar surface area (TPSA) is 86.5 Å². The molecular formula is C11H11ClFNO5S. The van der Waals surface area contributed by atoms with Gasteiger partial charge in [0.2, 0.25) is 0 Å². The fourth-order valence-corrected chi connectivity index (χ4v) is 3.03. The first kappa shape index (κ1) is 15.0. The van der Waals surface area contributed by atoms with Crippen molar-refractivity contribution in [2.24, 2.45) is 0 Å². The predicted molar refractivity (Wildman–Crippen MR) is 69.0 cm³/mol. The third kappa shape index (κ3) is 3.18. The van der Waals surface area contributed by atoms with E-state index in [0.29, 0.717) is 12.1 Å². The van der Waals surface area contributed by atoms with E-state index in [4.69, 9.17) is 15.4 Å². The first-order chi connectivity index (χ1) is 9.29. The van der Waals surface area contributed by atoms with Crippen molar-refractivity contribution in [3.05, 3.63) is 28.1 Å². The van der Waals surface area contributed by atoms with E-state index in [1.165, 1.54) is 0 Å². The molecule has 0 unspecified atom stereocenters. The molecule has 0 N–H and O–H groups in total. The van der Waals surface area contributed by atoms with E-state index in [-0.39, 0.29) is 11.9 Å². The zero-order chi connectivity index (χ0) is 14.9. The second kappa shape index (κ2) is 5.53. The van der Waals surface area contributed by atoms with Gasteiger partial charge in [0, 0.05) is 22.8 Å². The van der Waals surface area contributed by atoms with Crippen LogP contribution in [0, 0.1) is 15.9 Å². The summed E-state index contributed by atoms with van der Waals surface area (Å²) in [4.78, 5) is 9.20. The van der Waals surface area contributed by atoms with Crippen LogP contribution in [0.5, 0.6) is 5.75 Å². The molecule has 2 rings (SSSR count). The first-order valence-electron chi connectivity index (χ1n) is 5.88. The van der Waals surface area contributed by atoms with Crippen molar-refractivity contribution in [2.45, 2.75) is 36.7 Å². The standard InChI is InChI=1S/C11H11ClFNO5S/c12-20(17,18)11-6-9(14(15)16)10(5-8(11)13)19-7-3-1-2-4-7/h5-7H,1-4H2. The van der Waals surface area contributed by atoms with E-state index in [1.54, 1.807) is 0 Å². The minimum absolute atomic E-state index is 0.216. The molecule has 1 aromatic rings. The Bertz CT molecular complexity index is 642. The third-order valence-electron chi connectivity index (χ3n) is 3.07. The monoisotopic (exact) mass is 323 g/mol. The van der Waals surface area contributed by atoms with Gasteiger partial charge in [0.25, 0.3) is 9.05 Å². The molecule has 0 aromatic heterocycles. The van der Waals surface area contributed by atoms with Gasteiger partial charge in [0.15, 0.2) is 5.75 Å². The molecule has 1 saturated carbocycles. The molecule has 0 heterocycles. The second-order valence-electron chi connectivity index (χ2n) is 4.47. The van der Waals surface area contributed by atoms with Crippen LogP contribution in [0.4, 0.5) is 10.1 Å². The van der Waals surface area contributed by atoms with Gasteiger partial charge in [-0.2, -0.15) is 0 Å². The summed E-state index contributed by atoms with van der Waals surface area (Å²) in [5, 5.41) is 11.0. The quantitative estimate of drug-likeness (QED) is 0.483. The fraction of sp³-hybridized carbons (Fsp3) is 0.455. The summed E-state index contributed by atoms with van der Waals surface area (Å²) in [7, 11) is 0.636. The van der Waals surface area contributed by atoms with E-state index in [1.807, 2.05) is 0 Å². The van der Waals surface area contributed by atoms with E-state index in [0.717, 1.165) is 25.7 Å². The number of halogens is 2. The summed E-state index contributed by atoms with van der Waals surface area (Å²) in [6.45, 7) is 0. The van der Waals surface area contributed by atoms with Gasteiger partial charge in [-0.15, -0.1) is 0 Å². The predicted octanol–water partition coefficient (Wildman–Crippen LogP) is 2.98. The van der Waals surface area contributed by atoms with Gasteiger partial charge in [-0.1, -0.05) is 0 Å². The van der Waals surface area contributed by atoms with Gasteiger partial charge >= 0.3 is 5.69 Å². The van der Waals surface area contributed by atoms with Crippen LogP contribution in [0.2, 0.25) is 0 Å². The van der Waals surface area contributed by atoms with Gasteiger partial charge in [0.05, 0.1) is 11.0 Å². The molecule has 1 aliphatic carbocycles. The Kier molecular flexibility index (Phi) is 4.14. The van der Waals surface area contributed by atoms with Gasteiger partial charge in [0.1, 0.15) is 10.7 Å². The molecule has 9 heteroatoms. The average molecular weight is 324 g/mol. The second-order valence-corrected chi connectivity index (χ2v) is 7.00. The Morgan fingerprint density at radius 3 is 2.45 bits per heavy atom. The number of nitro groups is 1. The third-order valence-corrected chi connectivity index (χ3v) is 4.41. The molecule has 110 valence electrons. The van der Waals surface area contributed by atoms with Crippen molar-refractivity contribution in [2.75, 3.05) is 0 Å². The van der Waals surface area contributed by atoms with E-state index >= 15 is 0 Å². The molecule has 0 amide bonds. The fourth-order valence-electron chi connectivity index (χ4n) is 2.13. The van der Waals surface area contributed by atoms with Gasteiger partial charge < -0.3 is 4.74 Å². The zero-order valence-corrected chi connectivity index (χ0v) is 11.8. The highest BCUT2D eigenvalue weighted by atomic mass is 35.7. The Balaban J connectivity index is 2.45. The maximum absolute atomic E-state index is 13.7. The first-order valence-corrected chi connectivity index (χ1v) is 8.19. The molecule has 0 bridgehead atoms. The van der Waals surface area contributed by atoms with Crippen LogP contribution in [0.3, 0.4) is 0 Å². The molecule has 20 heavy (non-hydrogen) atoms. The highest BCUT2D eigenvalue weighted by Crippen LogP contribution is 2.35. The summed E-state index contributed by atoms with van der Waals surface area (Å²) < 4.78 is 41.4. The normalized spacial score (nSPS) is 16.3. The number of hydrogen-bond acceptors (Lipinski definition) is 5. The average Bonchev–Trinajstić information content (AvgIpc) is 2.79. The Morgan fingerprint density at radius 1 is 1.35 bits per heavy atom. The molecule has 0 aliphatic heterocycles. The van der Waals surface area contributed by atoms with Crippen LogP contribution >= 0.6 is 10.7 Å². The lowest BCUT2D eigenvalue weighted by molar-refractivity contribution is -0.386. The molecule has 0 atom stereocenters. The van der Waals surface area contributed by atoms with Crippen molar-refractivity contribution in [3.63, 3.8) is 0 Å². The maximum Gasteiger partial charge on any atom is 0.312 e. The molecule has 6 nitrogen and oxygen atoms in total. The van der Waals surface area contributed by atoms with Crippen molar-refractivity contribution in [1.82, 2.24) is 0 Å². The number of rotatable bonds is 4. The Labute approximate surface area is 119 Å². The SMILES string of the molecule is O=[N+]([O-])c1cc(S(=O)(=O)Cl)c(F)cc1OC1CCCC1.